The van der Waals surface area contributed by atoms with Crippen LogP contribution in [-0.2, 0) is 0 Å². The maximum atomic E-state index is 12.3. The van der Waals surface area contributed by atoms with Crippen LogP contribution < -0.4 is 5.73 Å². The normalized spacial score (nSPS) is 12.1. The number of nitro groups is 1. The minimum absolute atomic E-state index is 0. The lowest BCUT2D eigenvalue weighted by Crippen LogP contribution is -2.19. The number of phenols is 1. The summed E-state index contributed by atoms with van der Waals surface area (Å²) in [5.41, 5.74) is 4.40. The molecule has 96 valence electrons. The number of nitro benzene ring substituents is 1. The zero-order valence-corrected chi connectivity index (χ0v) is 9.58. The third kappa shape index (κ3) is 3.01. The van der Waals surface area contributed by atoms with Gasteiger partial charge in [-0.15, -0.1) is 12.4 Å². The molecule has 5 nitrogen and oxygen atoms in total. The Morgan fingerprint density at radius 2 is 2.00 bits per heavy atom. The fourth-order valence-corrected chi connectivity index (χ4v) is 1.33. The topological polar surface area (TPSA) is 89.4 Å². The lowest BCUT2D eigenvalue weighted by atomic mass is 10.0. The van der Waals surface area contributed by atoms with Crippen molar-refractivity contribution < 1.29 is 18.8 Å². The monoisotopic (exact) mass is 268 g/mol. The Labute approximate surface area is 102 Å². The molecule has 0 fully saturated rings. The predicted octanol–water partition coefficient (Wildman–Crippen LogP) is 2.30. The van der Waals surface area contributed by atoms with Crippen molar-refractivity contribution in [1.29, 1.82) is 0 Å². The molecule has 0 saturated heterocycles. The Bertz CT molecular complexity index is 429. The van der Waals surface area contributed by atoms with Crippen LogP contribution in [0.5, 0.6) is 5.75 Å². The molecule has 0 bridgehead atoms. The van der Waals surface area contributed by atoms with Crippen molar-refractivity contribution in [3.05, 3.63) is 33.4 Å². The number of rotatable bonds is 3. The van der Waals surface area contributed by atoms with E-state index in [2.05, 4.69) is 0 Å². The van der Waals surface area contributed by atoms with E-state index in [9.17, 15) is 24.0 Å². The first-order valence-electron chi connectivity index (χ1n) is 4.36. The average molecular weight is 269 g/mol. The molecule has 0 aliphatic heterocycles. The van der Waals surface area contributed by atoms with E-state index in [1.807, 2.05) is 0 Å². The molecule has 0 amide bonds. The first-order valence-corrected chi connectivity index (χ1v) is 4.36. The van der Waals surface area contributed by atoms with Gasteiger partial charge in [0.2, 0.25) is 0 Å². The van der Waals surface area contributed by atoms with Crippen LogP contribution in [0.1, 0.15) is 17.2 Å². The summed E-state index contributed by atoms with van der Waals surface area (Å²) in [6, 6.07) is 0.698. The molecule has 8 heteroatoms. The van der Waals surface area contributed by atoms with E-state index in [0.717, 1.165) is 6.07 Å². The molecular formula is C9H11ClF2N2O3. The summed E-state index contributed by atoms with van der Waals surface area (Å²) in [5.74, 6) is -0.794. The van der Waals surface area contributed by atoms with Crippen molar-refractivity contribution in [3.63, 3.8) is 0 Å². The van der Waals surface area contributed by atoms with Gasteiger partial charge in [0.1, 0.15) is 0 Å². The molecule has 0 spiro atoms. The fraction of sp³-hybridized carbons (Fsp3) is 0.333. The van der Waals surface area contributed by atoms with Gasteiger partial charge in [-0.1, -0.05) is 12.1 Å². The number of hydrogen-bond donors (Lipinski definition) is 2. The van der Waals surface area contributed by atoms with Gasteiger partial charge in [-0.25, -0.2) is 8.78 Å². The highest BCUT2D eigenvalue weighted by Gasteiger charge is 2.27. The molecule has 1 aromatic carbocycles. The van der Waals surface area contributed by atoms with E-state index in [-0.39, 0.29) is 23.5 Å². The molecule has 3 N–H and O–H groups in total. The minimum atomic E-state index is -2.90. The molecule has 1 atom stereocenters. The largest absolute Gasteiger partial charge is 0.502 e. The number of benzene rings is 1. The highest BCUT2D eigenvalue weighted by molar-refractivity contribution is 5.85. The van der Waals surface area contributed by atoms with Gasteiger partial charge in [0.05, 0.1) is 11.0 Å². The quantitative estimate of drug-likeness (QED) is 0.650. The zero-order valence-electron chi connectivity index (χ0n) is 8.76. The smallest absolute Gasteiger partial charge is 0.313 e. The number of aryl methyl sites for hydroxylation is 1. The van der Waals surface area contributed by atoms with E-state index in [4.69, 9.17) is 5.73 Å². The van der Waals surface area contributed by atoms with E-state index >= 15 is 0 Å². The minimum Gasteiger partial charge on any atom is -0.502 e. The van der Waals surface area contributed by atoms with Crippen LogP contribution in [0.3, 0.4) is 0 Å². The fourth-order valence-electron chi connectivity index (χ4n) is 1.33. The van der Waals surface area contributed by atoms with E-state index in [1.165, 1.54) is 13.0 Å². The number of alkyl halides is 2. The molecule has 0 saturated carbocycles. The lowest BCUT2D eigenvalue weighted by molar-refractivity contribution is -0.386. The summed E-state index contributed by atoms with van der Waals surface area (Å²) in [5, 5.41) is 20.1. The number of halogens is 3. The maximum absolute atomic E-state index is 12.3. The summed E-state index contributed by atoms with van der Waals surface area (Å²) < 4.78 is 24.6. The Hall–Kier alpha value is -1.47. The number of aromatic hydroxyl groups is 1. The molecule has 1 rings (SSSR count). The van der Waals surface area contributed by atoms with Crippen LogP contribution in [0.2, 0.25) is 0 Å². The van der Waals surface area contributed by atoms with Crippen molar-refractivity contribution in [1.82, 2.24) is 0 Å². The third-order valence-corrected chi connectivity index (χ3v) is 2.20. The molecule has 0 heterocycles. The predicted molar refractivity (Wildman–Crippen MR) is 59.7 cm³/mol. The molecule has 0 unspecified atom stereocenters. The van der Waals surface area contributed by atoms with Crippen LogP contribution in [0.25, 0.3) is 0 Å². The van der Waals surface area contributed by atoms with Gasteiger partial charge >= 0.3 is 5.69 Å². The number of phenolic OH excluding ortho intramolecular Hbond substituents is 1. The number of hydrogen-bond acceptors (Lipinski definition) is 4. The summed E-state index contributed by atoms with van der Waals surface area (Å²) in [7, 11) is 0. The Morgan fingerprint density at radius 1 is 1.47 bits per heavy atom. The highest BCUT2D eigenvalue weighted by Crippen LogP contribution is 2.36. The highest BCUT2D eigenvalue weighted by atomic mass is 35.5. The van der Waals surface area contributed by atoms with Gasteiger partial charge in [-0.3, -0.25) is 10.1 Å². The van der Waals surface area contributed by atoms with Crippen molar-refractivity contribution in [2.45, 2.75) is 19.4 Å². The van der Waals surface area contributed by atoms with Gasteiger partial charge in [-0.2, -0.15) is 0 Å². The van der Waals surface area contributed by atoms with Crippen LogP contribution in [0, 0.1) is 17.0 Å². The average Bonchev–Trinajstić information content (AvgIpc) is 2.16. The number of nitrogens with zero attached hydrogens (tertiary/aromatic N) is 1. The first-order chi connectivity index (χ1) is 7.36. The van der Waals surface area contributed by atoms with Crippen molar-refractivity contribution in [3.8, 4) is 5.75 Å². The standard InChI is InChI=1S/C9H10F2N2O3.ClH/c1-4-2-3-5(6(12)9(10)11)8(14)7(4)13(15)16;/h2-3,6,9,14H,12H2,1H3;1H/t6-;/m0./s1. The van der Waals surface area contributed by atoms with Crippen molar-refractivity contribution in [2.24, 2.45) is 5.73 Å². The summed E-state index contributed by atoms with van der Waals surface area (Å²) >= 11 is 0. The zero-order chi connectivity index (χ0) is 12.5. The van der Waals surface area contributed by atoms with Crippen LogP contribution in [-0.4, -0.2) is 16.5 Å². The van der Waals surface area contributed by atoms with Crippen LogP contribution in [0.4, 0.5) is 14.5 Å². The van der Waals surface area contributed by atoms with Gasteiger partial charge < -0.3 is 10.8 Å². The van der Waals surface area contributed by atoms with Gasteiger partial charge in [0.15, 0.2) is 5.75 Å². The lowest BCUT2D eigenvalue weighted by Gasteiger charge is -2.13. The Kier molecular flexibility index (Phi) is 5.24. The van der Waals surface area contributed by atoms with E-state index in [1.54, 1.807) is 0 Å². The third-order valence-electron chi connectivity index (χ3n) is 2.20. The van der Waals surface area contributed by atoms with Crippen LogP contribution >= 0.6 is 12.4 Å². The Balaban J connectivity index is 0.00000256. The first kappa shape index (κ1) is 15.5. The van der Waals surface area contributed by atoms with Gasteiger partial charge in [0, 0.05) is 11.1 Å². The molecule has 0 aliphatic rings. The second kappa shape index (κ2) is 5.74. The maximum Gasteiger partial charge on any atom is 0.313 e. The Morgan fingerprint density at radius 3 is 2.41 bits per heavy atom. The molecule has 0 aromatic heterocycles. The van der Waals surface area contributed by atoms with Crippen molar-refractivity contribution in [2.75, 3.05) is 0 Å². The molecule has 0 radical (unpaired) electrons. The van der Waals surface area contributed by atoms with Crippen LogP contribution in [0.15, 0.2) is 12.1 Å². The van der Waals surface area contributed by atoms with E-state index < -0.39 is 28.8 Å². The summed E-state index contributed by atoms with van der Waals surface area (Å²) in [4.78, 5) is 9.78. The molecular weight excluding hydrogens is 258 g/mol. The second-order valence-electron chi connectivity index (χ2n) is 3.29. The SMILES string of the molecule is Cc1ccc([C@H](N)C(F)F)c(O)c1[N+](=O)[O-].Cl. The second-order valence-corrected chi connectivity index (χ2v) is 3.29. The summed E-state index contributed by atoms with van der Waals surface area (Å²) in [6.07, 6.45) is -2.90. The van der Waals surface area contributed by atoms with Crippen molar-refractivity contribution >= 4 is 18.1 Å². The summed E-state index contributed by atoms with van der Waals surface area (Å²) in [6.45, 7) is 1.40. The van der Waals surface area contributed by atoms with E-state index in [0.29, 0.717) is 0 Å². The van der Waals surface area contributed by atoms with Gasteiger partial charge in [0.25, 0.3) is 6.43 Å². The molecule has 1 aromatic rings. The molecule has 0 aliphatic carbocycles. The number of nitrogens with two attached hydrogens (primary N) is 1. The van der Waals surface area contributed by atoms with Gasteiger partial charge in [-0.05, 0) is 6.92 Å². The molecule has 17 heavy (non-hydrogen) atoms.